The van der Waals surface area contributed by atoms with E-state index in [0.717, 1.165) is 44.2 Å². The van der Waals surface area contributed by atoms with Crippen LogP contribution in [0.25, 0.3) is 0 Å². The van der Waals surface area contributed by atoms with Crippen molar-refractivity contribution in [1.29, 1.82) is 0 Å². The summed E-state index contributed by atoms with van der Waals surface area (Å²) in [6.45, 7) is 10.3. The van der Waals surface area contributed by atoms with Gasteiger partial charge in [-0.3, -0.25) is 0 Å². The number of aromatic nitrogens is 1. The molecule has 1 N–H and O–H groups in total. The number of rotatable bonds is 6. The lowest BCUT2D eigenvalue weighted by Gasteiger charge is -2.27. The summed E-state index contributed by atoms with van der Waals surface area (Å²) in [7, 11) is 0. The molecule has 2 atom stereocenters. The Morgan fingerprint density at radius 1 is 1.47 bits per heavy atom. The maximum Gasteiger partial charge on any atom is 0.185 e. The number of ether oxygens (including phenoxy) is 1. The van der Waals surface area contributed by atoms with Crippen LogP contribution in [0.2, 0.25) is 0 Å². The van der Waals surface area contributed by atoms with E-state index < -0.39 is 0 Å². The molecule has 1 saturated heterocycles. The fourth-order valence-corrected chi connectivity index (χ4v) is 3.44. The molecule has 0 aliphatic carbocycles. The Morgan fingerprint density at radius 2 is 2.26 bits per heavy atom. The lowest BCUT2D eigenvalue weighted by atomic mass is 10.0. The molecule has 2 rings (SSSR count). The highest BCUT2D eigenvalue weighted by molar-refractivity contribution is 7.15. The molecule has 0 bridgehead atoms. The Bertz CT molecular complexity index is 379. The molecule has 2 heterocycles. The zero-order chi connectivity index (χ0) is 13.7. The Hall–Kier alpha value is -0.650. The highest BCUT2D eigenvalue weighted by Gasteiger charge is 2.19. The Morgan fingerprint density at radius 3 is 2.95 bits per heavy atom. The third-order valence-electron chi connectivity index (χ3n) is 3.63. The van der Waals surface area contributed by atoms with Gasteiger partial charge in [0.15, 0.2) is 5.13 Å². The maximum atomic E-state index is 5.57. The standard InChI is InChI=1S/C14H25N3OS/c1-4-17(5-2)14-16-10-13(19-14)9-15-12-6-7-18-11(3)8-12/h10-12,15H,4-9H2,1-3H3. The summed E-state index contributed by atoms with van der Waals surface area (Å²) in [6.07, 6.45) is 4.63. The van der Waals surface area contributed by atoms with Crippen LogP contribution in [0.1, 0.15) is 38.5 Å². The van der Waals surface area contributed by atoms with Crippen LogP contribution in [0.5, 0.6) is 0 Å². The van der Waals surface area contributed by atoms with Gasteiger partial charge in [0.05, 0.1) is 6.10 Å². The molecule has 2 unspecified atom stereocenters. The van der Waals surface area contributed by atoms with Crippen molar-refractivity contribution < 1.29 is 4.74 Å². The second-order valence-electron chi connectivity index (χ2n) is 5.07. The molecule has 5 heteroatoms. The van der Waals surface area contributed by atoms with E-state index >= 15 is 0 Å². The number of anilines is 1. The zero-order valence-electron chi connectivity index (χ0n) is 12.2. The predicted molar refractivity (Wildman–Crippen MR) is 81.0 cm³/mol. The van der Waals surface area contributed by atoms with E-state index in [9.17, 15) is 0 Å². The van der Waals surface area contributed by atoms with Crippen molar-refractivity contribution in [2.24, 2.45) is 0 Å². The summed E-state index contributed by atoms with van der Waals surface area (Å²) in [4.78, 5) is 8.13. The van der Waals surface area contributed by atoms with E-state index in [4.69, 9.17) is 4.74 Å². The van der Waals surface area contributed by atoms with Crippen LogP contribution in [-0.2, 0) is 11.3 Å². The molecule has 0 radical (unpaired) electrons. The molecule has 1 aromatic heterocycles. The van der Waals surface area contributed by atoms with E-state index in [-0.39, 0.29) is 0 Å². The highest BCUT2D eigenvalue weighted by Crippen LogP contribution is 2.22. The van der Waals surface area contributed by atoms with Crippen molar-refractivity contribution in [3.63, 3.8) is 0 Å². The van der Waals surface area contributed by atoms with E-state index in [1.807, 2.05) is 6.20 Å². The molecule has 0 spiro atoms. The molecular weight excluding hydrogens is 258 g/mol. The first-order valence-corrected chi connectivity index (χ1v) is 8.09. The summed E-state index contributed by atoms with van der Waals surface area (Å²) in [5.41, 5.74) is 0. The van der Waals surface area contributed by atoms with Gasteiger partial charge in [0.2, 0.25) is 0 Å². The summed E-state index contributed by atoms with van der Waals surface area (Å²) in [5.74, 6) is 0. The quantitative estimate of drug-likeness (QED) is 0.871. The van der Waals surface area contributed by atoms with Crippen LogP contribution in [0.3, 0.4) is 0 Å². The summed E-state index contributed by atoms with van der Waals surface area (Å²) in [6, 6.07) is 0.586. The lowest BCUT2D eigenvalue weighted by molar-refractivity contribution is 0.0131. The van der Waals surface area contributed by atoms with Crippen LogP contribution < -0.4 is 10.2 Å². The minimum atomic E-state index is 0.388. The zero-order valence-corrected chi connectivity index (χ0v) is 13.0. The Labute approximate surface area is 120 Å². The van der Waals surface area contributed by atoms with Crippen LogP contribution in [0, 0.1) is 0 Å². The highest BCUT2D eigenvalue weighted by atomic mass is 32.1. The van der Waals surface area contributed by atoms with E-state index in [1.165, 1.54) is 4.88 Å². The first-order valence-electron chi connectivity index (χ1n) is 7.27. The van der Waals surface area contributed by atoms with Gasteiger partial charge in [-0.15, -0.1) is 11.3 Å². The average Bonchev–Trinajstić information content (AvgIpc) is 2.87. The minimum Gasteiger partial charge on any atom is -0.378 e. The van der Waals surface area contributed by atoms with Crippen molar-refractivity contribution in [2.75, 3.05) is 24.6 Å². The molecule has 1 fully saturated rings. The Balaban J connectivity index is 1.83. The van der Waals surface area contributed by atoms with Gasteiger partial charge in [0.25, 0.3) is 0 Å². The smallest absolute Gasteiger partial charge is 0.185 e. The van der Waals surface area contributed by atoms with Crippen molar-refractivity contribution in [3.05, 3.63) is 11.1 Å². The maximum absolute atomic E-state index is 5.57. The van der Waals surface area contributed by atoms with Gasteiger partial charge in [-0.2, -0.15) is 0 Å². The number of hydrogen-bond donors (Lipinski definition) is 1. The molecule has 0 aromatic carbocycles. The van der Waals surface area contributed by atoms with Crippen LogP contribution in [0.15, 0.2) is 6.20 Å². The molecule has 1 aliphatic heterocycles. The van der Waals surface area contributed by atoms with Gasteiger partial charge in [-0.1, -0.05) is 0 Å². The van der Waals surface area contributed by atoms with Crippen LogP contribution >= 0.6 is 11.3 Å². The average molecular weight is 283 g/mol. The SMILES string of the molecule is CCN(CC)c1ncc(CNC2CCOC(C)C2)s1. The van der Waals surface area contributed by atoms with Gasteiger partial charge in [0, 0.05) is 43.4 Å². The topological polar surface area (TPSA) is 37.4 Å². The fraction of sp³-hybridized carbons (Fsp3) is 0.786. The first kappa shape index (κ1) is 14.8. The van der Waals surface area contributed by atoms with Gasteiger partial charge < -0.3 is 15.0 Å². The molecule has 19 heavy (non-hydrogen) atoms. The summed E-state index contributed by atoms with van der Waals surface area (Å²) >= 11 is 1.80. The molecule has 0 saturated carbocycles. The molecular formula is C14H25N3OS. The Kier molecular flexibility index (Phi) is 5.60. The van der Waals surface area contributed by atoms with E-state index in [1.54, 1.807) is 11.3 Å². The lowest BCUT2D eigenvalue weighted by Crippen LogP contribution is -2.37. The van der Waals surface area contributed by atoms with E-state index in [0.29, 0.717) is 12.1 Å². The number of thiazole rings is 1. The van der Waals surface area contributed by atoms with Crippen molar-refractivity contribution in [3.8, 4) is 0 Å². The molecule has 4 nitrogen and oxygen atoms in total. The second kappa shape index (κ2) is 7.22. The largest absolute Gasteiger partial charge is 0.378 e. The van der Waals surface area contributed by atoms with E-state index in [2.05, 4.69) is 36.0 Å². The van der Waals surface area contributed by atoms with Crippen molar-refractivity contribution >= 4 is 16.5 Å². The first-order chi connectivity index (χ1) is 9.22. The second-order valence-corrected chi connectivity index (χ2v) is 6.16. The van der Waals surface area contributed by atoms with Gasteiger partial charge in [-0.05, 0) is 33.6 Å². The van der Waals surface area contributed by atoms with Gasteiger partial charge in [-0.25, -0.2) is 4.98 Å². The minimum absolute atomic E-state index is 0.388. The fourth-order valence-electron chi connectivity index (χ4n) is 2.45. The summed E-state index contributed by atoms with van der Waals surface area (Å²) in [5, 5.41) is 4.77. The monoisotopic (exact) mass is 283 g/mol. The van der Waals surface area contributed by atoms with Crippen LogP contribution in [-0.4, -0.2) is 36.8 Å². The number of nitrogens with one attached hydrogen (secondary N) is 1. The van der Waals surface area contributed by atoms with Crippen molar-refractivity contribution in [2.45, 2.75) is 52.3 Å². The van der Waals surface area contributed by atoms with Gasteiger partial charge >= 0.3 is 0 Å². The molecule has 1 aliphatic rings. The normalized spacial score (nSPS) is 23.5. The molecule has 1 aromatic rings. The number of nitrogens with zero attached hydrogens (tertiary/aromatic N) is 2. The van der Waals surface area contributed by atoms with Gasteiger partial charge in [0.1, 0.15) is 0 Å². The van der Waals surface area contributed by atoms with Crippen molar-refractivity contribution in [1.82, 2.24) is 10.3 Å². The third-order valence-corrected chi connectivity index (χ3v) is 4.68. The summed E-state index contributed by atoms with van der Waals surface area (Å²) < 4.78 is 5.57. The number of hydrogen-bond acceptors (Lipinski definition) is 5. The predicted octanol–water partition coefficient (Wildman–Crippen LogP) is 2.65. The van der Waals surface area contributed by atoms with Crippen LogP contribution in [0.4, 0.5) is 5.13 Å². The molecule has 108 valence electrons. The molecule has 0 amide bonds. The third kappa shape index (κ3) is 4.16.